The zero-order chi connectivity index (χ0) is 26.0. The van der Waals surface area contributed by atoms with Crippen LogP contribution >= 0.6 is 0 Å². The molecule has 2 aromatic rings. The van der Waals surface area contributed by atoms with E-state index < -0.39 is 22.1 Å². The smallest absolute Gasteiger partial charge is 0.328 e. The van der Waals surface area contributed by atoms with Gasteiger partial charge in [0.25, 0.3) is 0 Å². The van der Waals surface area contributed by atoms with Crippen molar-refractivity contribution in [3.05, 3.63) is 59.9 Å². The number of halogens is 1. The number of benzene rings is 2. The molecule has 0 N–H and O–H groups in total. The van der Waals surface area contributed by atoms with Crippen molar-refractivity contribution in [2.24, 2.45) is 0 Å². The quantitative estimate of drug-likeness (QED) is 0.507. The number of esters is 1. The third kappa shape index (κ3) is 5.18. The Morgan fingerprint density at radius 3 is 2.49 bits per heavy atom. The molecule has 37 heavy (non-hydrogen) atoms. The second kappa shape index (κ2) is 10.9. The van der Waals surface area contributed by atoms with E-state index in [1.54, 1.807) is 19.1 Å². The van der Waals surface area contributed by atoms with Crippen LogP contribution in [-0.2, 0) is 24.5 Å². The van der Waals surface area contributed by atoms with E-state index in [4.69, 9.17) is 9.47 Å². The lowest BCUT2D eigenvalue weighted by molar-refractivity contribution is -0.150. The van der Waals surface area contributed by atoms with Gasteiger partial charge in [-0.15, -0.1) is 0 Å². The first-order chi connectivity index (χ1) is 17.9. The van der Waals surface area contributed by atoms with Gasteiger partial charge in [-0.2, -0.15) is 12.7 Å². The highest BCUT2D eigenvalue weighted by atomic mass is 32.2. The standard InChI is InChI=1S/C26H33FN4O5S/c1-2-36-26(32)25(20-6-4-3-5-7-20)29-13-11-28(12-14-29)24-9-8-21(18-23(24)27)30-15-16-31(37(30,33)34)22-10-17-35-19-22/h3-9,18,22,25H,2,10-17,19H2,1H3. The van der Waals surface area contributed by atoms with Crippen LogP contribution in [0.2, 0.25) is 0 Å². The van der Waals surface area contributed by atoms with Crippen LogP contribution in [0, 0.1) is 5.82 Å². The number of piperazine rings is 1. The Morgan fingerprint density at radius 2 is 1.84 bits per heavy atom. The van der Waals surface area contributed by atoms with Gasteiger partial charge in [-0.3, -0.25) is 9.21 Å². The molecule has 2 atom stereocenters. The molecule has 200 valence electrons. The Morgan fingerprint density at radius 1 is 1.08 bits per heavy atom. The molecule has 0 spiro atoms. The van der Waals surface area contributed by atoms with E-state index in [2.05, 4.69) is 4.90 Å². The van der Waals surface area contributed by atoms with Crippen molar-refractivity contribution in [1.29, 1.82) is 0 Å². The number of ether oxygens (including phenoxy) is 2. The highest BCUT2D eigenvalue weighted by Gasteiger charge is 2.42. The molecule has 0 radical (unpaired) electrons. The van der Waals surface area contributed by atoms with Crippen molar-refractivity contribution in [3.63, 3.8) is 0 Å². The maximum atomic E-state index is 15.3. The largest absolute Gasteiger partial charge is 0.465 e. The summed E-state index contributed by atoms with van der Waals surface area (Å²) in [5.41, 5.74) is 1.62. The predicted molar refractivity (Wildman–Crippen MR) is 138 cm³/mol. The van der Waals surface area contributed by atoms with Gasteiger partial charge in [0.1, 0.15) is 11.9 Å². The van der Waals surface area contributed by atoms with E-state index in [1.165, 1.54) is 14.7 Å². The maximum Gasteiger partial charge on any atom is 0.328 e. The molecular weight excluding hydrogens is 499 g/mol. The lowest BCUT2D eigenvalue weighted by atomic mass is 10.0. The van der Waals surface area contributed by atoms with E-state index in [-0.39, 0.29) is 18.6 Å². The molecule has 0 aromatic heterocycles. The lowest BCUT2D eigenvalue weighted by Crippen LogP contribution is -2.49. The highest BCUT2D eigenvalue weighted by molar-refractivity contribution is 7.90. The molecule has 3 aliphatic heterocycles. The Kier molecular flexibility index (Phi) is 7.66. The van der Waals surface area contributed by atoms with Gasteiger partial charge in [0.2, 0.25) is 0 Å². The zero-order valence-electron chi connectivity index (χ0n) is 21.0. The van der Waals surface area contributed by atoms with Gasteiger partial charge >= 0.3 is 16.2 Å². The lowest BCUT2D eigenvalue weighted by Gasteiger charge is -2.39. The number of rotatable bonds is 7. The number of hydrogen-bond acceptors (Lipinski definition) is 7. The van der Waals surface area contributed by atoms with Gasteiger partial charge in [-0.05, 0) is 31.0 Å². The first-order valence-corrected chi connectivity index (χ1v) is 14.2. The van der Waals surface area contributed by atoms with Crippen LogP contribution in [0.25, 0.3) is 0 Å². The molecule has 3 fully saturated rings. The monoisotopic (exact) mass is 532 g/mol. The van der Waals surface area contributed by atoms with E-state index in [0.29, 0.717) is 70.3 Å². The fourth-order valence-corrected chi connectivity index (χ4v) is 7.21. The van der Waals surface area contributed by atoms with Gasteiger partial charge in [-0.1, -0.05) is 30.3 Å². The third-order valence-electron chi connectivity index (χ3n) is 7.28. The van der Waals surface area contributed by atoms with Crippen molar-refractivity contribution >= 4 is 27.6 Å². The van der Waals surface area contributed by atoms with Crippen molar-refractivity contribution in [2.75, 3.05) is 68.3 Å². The van der Waals surface area contributed by atoms with Crippen LogP contribution in [0.5, 0.6) is 0 Å². The first-order valence-electron chi connectivity index (χ1n) is 12.8. The van der Waals surface area contributed by atoms with Gasteiger partial charge < -0.3 is 14.4 Å². The Bertz CT molecular complexity index is 1200. The summed E-state index contributed by atoms with van der Waals surface area (Å²) in [6.07, 6.45) is 0.674. The molecule has 2 aromatic carbocycles. The van der Waals surface area contributed by atoms with Crippen LogP contribution in [0.1, 0.15) is 24.9 Å². The van der Waals surface area contributed by atoms with Crippen molar-refractivity contribution in [3.8, 4) is 0 Å². The molecule has 3 aliphatic rings. The number of nitrogens with zero attached hydrogens (tertiary/aromatic N) is 4. The van der Waals surface area contributed by atoms with Crippen LogP contribution in [-0.4, -0.2) is 88.7 Å². The van der Waals surface area contributed by atoms with E-state index >= 15 is 4.39 Å². The Labute approximate surface area is 217 Å². The molecule has 0 bridgehead atoms. The molecule has 9 nitrogen and oxygen atoms in total. The number of carbonyl (C=O) groups is 1. The summed E-state index contributed by atoms with van der Waals surface area (Å²) in [4.78, 5) is 16.8. The number of hydrogen-bond donors (Lipinski definition) is 0. The molecule has 3 heterocycles. The van der Waals surface area contributed by atoms with Crippen molar-refractivity contribution in [2.45, 2.75) is 25.4 Å². The van der Waals surface area contributed by atoms with Gasteiger partial charge in [-0.25, -0.2) is 9.18 Å². The topological polar surface area (TPSA) is 82.6 Å². The summed E-state index contributed by atoms with van der Waals surface area (Å²) < 4.78 is 55.0. The van der Waals surface area contributed by atoms with E-state index in [0.717, 1.165) is 5.56 Å². The molecule has 11 heteroatoms. The summed E-state index contributed by atoms with van der Waals surface area (Å²) in [6.45, 7) is 5.85. The highest BCUT2D eigenvalue weighted by Crippen LogP contribution is 2.33. The summed E-state index contributed by atoms with van der Waals surface area (Å²) in [7, 11) is -3.72. The fraction of sp³-hybridized carbons (Fsp3) is 0.500. The second-order valence-electron chi connectivity index (χ2n) is 9.43. The van der Waals surface area contributed by atoms with Gasteiger partial charge in [0, 0.05) is 51.9 Å². The molecular formula is C26H33FN4O5S. The summed E-state index contributed by atoms with van der Waals surface area (Å²) in [6, 6.07) is 13.5. The number of carbonyl (C=O) groups excluding carboxylic acids is 1. The normalized spacial score (nSPS) is 23.4. The predicted octanol–water partition coefficient (Wildman–Crippen LogP) is 2.41. The minimum atomic E-state index is -3.72. The van der Waals surface area contributed by atoms with Crippen LogP contribution in [0.4, 0.5) is 15.8 Å². The maximum absolute atomic E-state index is 15.3. The summed E-state index contributed by atoms with van der Waals surface area (Å²) >= 11 is 0. The van der Waals surface area contributed by atoms with E-state index in [1.807, 2.05) is 35.2 Å². The average Bonchev–Trinajstić information content (AvgIpc) is 3.52. The molecule has 3 saturated heterocycles. The Hall–Kier alpha value is -2.73. The molecule has 5 rings (SSSR count). The van der Waals surface area contributed by atoms with Gasteiger partial charge in [0.15, 0.2) is 0 Å². The van der Waals surface area contributed by atoms with Crippen molar-refractivity contribution in [1.82, 2.24) is 9.21 Å². The molecule has 0 saturated carbocycles. The van der Waals surface area contributed by atoms with E-state index in [9.17, 15) is 13.2 Å². The molecule has 2 unspecified atom stereocenters. The van der Waals surface area contributed by atoms with Gasteiger partial charge in [0.05, 0.1) is 30.6 Å². The zero-order valence-corrected chi connectivity index (χ0v) is 21.8. The summed E-state index contributed by atoms with van der Waals surface area (Å²) in [5.74, 6) is -0.753. The molecule has 0 amide bonds. The third-order valence-corrected chi connectivity index (χ3v) is 9.30. The van der Waals surface area contributed by atoms with Crippen LogP contribution in [0.15, 0.2) is 48.5 Å². The Balaban J connectivity index is 1.27. The summed E-state index contributed by atoms with van der Waals surface area (Å²) in [5, 5.41) is 0. The number of anilines is 2. The average molecular weight is 533 g/mol. The van der Waals surface area contributed by atoms with Crippen LogP contribution < -0.4 is 9.21 Å². The minimum absolute atomic E-state index is 0.162. The molecule has 0 aliphatic carbocycles. The fourth-order valence-electron chi connectivity index (χ4n) is 5.41. The van der Waals surface area contributed by atoms with Crippen LogP contribution in [0.3, 0.4) is 0 Å². The second-order valence-corrected chi connectivity index (χ2v) is 11.2. The van der Waals surface area contributed by atoms with Crippen molar-refractivity contribution < 1.29 is 27.1 Å². The first kappa shape index (κ1) is 25.9. The SMILES string of the molecule is CCOC(=O)C(c1ccccc1)N1CCN(c2ccc(N3CCN(C4CCOC4)S3(=O)=O)cc2F)CC1. The minimum Gasteiger partial charge on any atom is -0.465 e.